The first-order valence-corrected chi connectivity index (χ1v) is 8.33. The van der Waals surface area contributed by atoms with Crippen molar-refractivity contribution in [3.63, 3.8) is 0 Å². The number of nitrogens with zero attached hydrogens (tertiary/aromatic N) is 2. The highest BCUT2D eigenvalue weighted by Gasteiger charge is 2.16. The summed E-state index contributed by atoms with van der Waals surface area (Å²) in [5.41, 5.74) is 2.45. The second-order valence-corrected chi connectivity index (χ2v) is 7.16. The molecule has 1 aromatic heterocycles. The molecule has 1 aromatic carbocycles. The van der Waals surface area contributed by atoms with Gasteiger partial charge in [0.15, 0.2) is 0 Å². The van der Waals surface area contributed by atoms with Crippen molar-refractivity contribution in [3.05, 3.63) is 53.3 Å². The summed E-state index contributed by atoms with van der Waals surface area (Å²) in [6.07, 6.45) is 1.59. The molecule has 0 saturated heterocycles. The lowest BCUT2D eigenvalue weighted by Gasteiger charge is -2.20. The molecule has 0 spiro atoms. The van der Waals surface area contributed by atoms with Crippen LogP contribution in [0, 0.1) is 0 Å². The Morgan fingerprint density at radius 3 is 2.40 bits per heavy atom. The molecule has 0 aliphatic heterocycles. The van der Waals surface area contributed by atoms with Gasteiger partial charge in [0.25, 0.3) is 0 Å². The molecule has 25 heavy (non-hydrogen) atoms. The van der Waals surface area contributed by atoms with E-state index in [2.05, 4.69) is 43.3 Å². The van der Waals surface area contributed by atoms with Crippen LogP contribution in [-0.4, -0.2) is 26.8 Å². The molecule has 0 radical (unpaired) electrons. The zero-order chi connectivity index (χ0) is 18.6. The van der Waals surface area contributed by atoms with Crippen molar-refractivity contribution in [1.82, 2.24) is 15.1 Å². The van der Waals surface area contributed by atoms with Crippen LogP contribution in [0.15, 0.2) is 36.5 Å². The number of aromatic nitrogens is 2. The van der Waals surface area contributed by atoms with E-state index in [-0.39, 0.29) is 36.0 Å². The molecule has 2 N–H and O–H groups in total. The fraction of sp³-hybridized carbons (Fsp3) is 0.421. The molecule has 0 aliphatic rings. The van der Waals surface area contributed by atoms with Gasteiger partial charge in [-0.1, -0.05) is 45.0 Å². The fourth-order valence-corrected chi connectivity index (χ4v) is 2.57. The number of carbonyl (C=O) groups is 2. The summed E-state index contributed by atoms with van der Waals surface area (Å²) >= 11 is 0. The van der Waals surface area contributed by atoms with Gasteiger partial charge in [0.1, 0.15) is 5.69 Å². The van der Waals surface area contributed by atoms with Gasteiger partial charge in [0, 0.05) is 12.6 Å². The Hall–Kier alpha value is -2.63. The van der Waals surface area contributed by atoms with E-state index in [0.717, 1.165) is 5.56 Å². The topological polar surface area (TPSA) is 84.2 Å². The van der Waals surface area contributed by atoms with Gasteiger partial charge in [-0.3, -0.25) is 9.48 Å². The molecule has 0 fully saturated rings. The number of rotatable bonds is 6. The Balaban J connectivity index is 1.91. The van der Waals surface area contributed by atoms with E-state index in [1.807, 2.05) is 19.1 Å². The molecule has 0 aliphatic carbocycles. The van der Waals surface area contributed by atoms with Crippen molar-refractivity contribution < 1.29 is 14.7 Å². The predicted octanol–water partition coefficient (Wildman–Crippen LogP) is 3.15. The quantitative estimate of drug-likeness (QED) is 0.844. The number of aryl methyl sites for hydroxylation is 1. The van der Waals surface area contributed by atoms with Crippen LogP contribution in [-0.2, 0) is 16.8 Å². The van der Waals surface area contributed by atoms with Crippen molar-refractivity contribution in [2.45, 2.75) is 52.1 Å². The maximum absolute atomic E-state index is 12.1. The van der Waals surface area contributed by atoms with E-state index in [1.54, 1.807) is 0 Å². The Morgan fingerprint density at radius 1 is 1.20 bits per heavy atom. The number of nitrogens with one attached hydrogen (secondary N) is 1. The molecule has 2 rings (SSSR count). The predicted molar refractivity (Wildman–Crippen MR) is 95.5 cm³/mol. The zero-order valence-corrected chi connectivity index (χ0v) is 15.1. The average Bonchev–Trinajstić information content (AvgIpc) is 3.01. The number of benzene rings is 1. The average molecular weight is 343 g/mol. The second kappa shape index (κ2) is 7.51. The van der Waals surface area contributed by atoms with Crippen LogP contribution in [0.5, 0.6) is 0 Å². The first-order valence-electron chi connectivity index (χ1n) is 8.33. The Morgan fingerprint density at radius 2 is 1.84 bits per heavy atom. The molecule has 1 amide bonds. The minimum absolute atomic E-state index is 0.0821. The Labute approximate surface area is 147 Å². The third-order valence-corrected chi connectivity index (χ3v) is 4.14. The lowest BCUT2D eigenvalue weighted by molar-refractivity contribution is -0.122. The fourth-order valence-electron chi connectivity index (χ4n) is 2.57. The normalized spacial score (nSPS) is 12.6. The Kier molecular flexibility index (Phi) is 5.62. The molecule has 1 atom stereocenters. The highest BCUT2D eigenvalue weighted by Crippen LogP contribution is 2.23. The lowest BCUT2D eigenvalue weighted by Crippen LogP contribution is -2.28. The molecular formula is C19H25N3O3. The van der Waals surface area contributed by atoms with Gasteiger partial charge in [0.2, 0.25) is 5.91 Å². The molecule has 6 nitrogen and oxygen atoms in total. The number of hydrogen-bond acceptors (Lipinski definition) is 3. The molecule has 2 aromatic rings. The van der Waals surface area contributed by atoms with E-state index in [4.69, 9.17) is 5.11 Å². The van der Waals surface area contributed by atoms with Crippen LogP contribution in [0.1, 0.15) is 61.8 Å². The van der Waals surface area contributed by atoms with Crippen LogP contribution in [0.3, 0.4) is 0 Å². The van der Waals surface area contributed by atoms with E-state index in [1.165, 1.54) is 22.5 Å². The molecule has 0 saturated carbocycles. The number of hydrogen-bond donors (Lipinski definition) is 2. The second-order valence-electron chi connectivity index (χ2n) is 7.16. The third kappa shape index (κ3) is 4.92. The lowest BCUT2D eigenvalue weighted by atomic mass is 9.86. The van der Waals surface area contributed by atoms with Crippen LogP contribution < -0.4 is 5.32 Å². The first kappa shape index (κ1) is 18.7. The summed E-state index contributed by atoms with van der Waals surface area (Å²) in [5.74, 6) is -1.19. The van der Waals surface area contributed by atoms with Crippen LogP contribution in [0.25, 0.3) is 0 Å². The van der Waals surface area contributed by atoms with Crippen molar-refractivity contribution >= 4 is 11.9 Å². The smallest absolute Gasteiger partial charge is 0.354 e. The van der Waals surface area contributed by atoms with Gasteiger partial charge < -0.3 is 10.4 Å². The molecule has 1 heterocycles. The van der Waals surface area contributed by atoms with Crippen LogP contribution in [0.4, 0.5) is 0 Å². The number of amides is 1. The highest BCUT2D eigenvalue weighted by atomic mass is 16.4. The molecule has 0 bridgehead atoms. The van der Waals surface area contributed by atoms with Gasteiger partial charge in [0.05, 0.1) is 12.6 Å². The van der Waals surface area contributed by atoms with Gasteiger partial charge in [-0.05, 0) is 29.5 Å². The minimum Gasteiger partial charge on any atom is -0.477 e. The van der Waals surface area contributed by atoms with E-state index < -0.39 is 5.97 Å². The summed E-state index contributed by atoms with van der Waals surface area (Å²) in [5, 5.41) is 15.9. The van der Waals surface area contributed by atoms with Gasteiger partial charge >= 0.3 is 5.97 Å². The SMILES string of the molecule is CC(NC(=O)CCn1nccc1C(=O)O)c1ccc(C(C)(C)C)cc1. The third-order valence-electron chi connectivity index (χ3n) is 4.14. The standard InChI is InChI=1S/C19H25N3O3/c1-13(14-5-7-15(8-6-14)19(2,3)4)21-17(23)10-12-22-16(18(24)25)9-11-20-22/h5-9,11,13H,10,12H2,1-4H3,(H,21,23)(H,24,25). The largest absolute Gasteiger partial charge is 0.477 e. The summed E-state index contributed by atoms with van der Waals surface area (Å²) in [6.45, 7) is 8.65. The first-order chi connectivity index (χ1) is 11.7. The summed E-state index contributed by atoms with van der Waals surface area (Å²) in [6, 6.07) is 9.53. The minimum atomic E-state index is -1.05. The number of carboxylic acid groups (broad SMARTS) is 1. The number of carbonyl (C=O) groups excluding carboxylic acids is 1. The van der Waals surface area contributed by atoms with Crippen LogP contribution in [0.2, 0.25) is 0 Å². The van der Waals surface area contributed by atoms with Gasteiger partial charge in [-0.2, -0.15) is 5.10 Å². The van der Waals surface area contributed by atoms with Crippen molar-refractivity contribution in [3.8, 4) is 0 Å². The molecule has 6 heteroatoms. The van der Waals surface area contributed by atoms with E-state index in [9.17, 15) is 9.59 Å². The molecule has 1 unspecified atom stereocenters. The maximum Gasteiger partial charge on any atom is 0.354 e. The van der Waals surface area contributed by atoms with E-state index >= 15 is 0 Å². The summed E-state index contributed by atoms with van der Waals surface area (Å²) in [4.78, 5) is 23.2. The summed E-state index contributed by atoms with van der Waals surface area (Å²) < 4.78 is 1.32. The zero-order valence-electron chi connectivity index (χ0n) is 15.1. The van der Waals surface area contributed by atoms with Crippen molar-refractivity contribution in [2.24, 2.45) is 0 Å². The van der Waals surface area contributed by atoms with Crippen molar-refractivity contribution in [1.29, 1.82) is 0 Å². The molecule has 134 valence electrons. The molecular weight excluding hydrogens is 318 g/mol. The monoisotopic (exact) mass is 343 g/mol. The Bertz CT molecular complexity index is 742. The van der Waals surface area contributed by atoms with Gasteiger partial charge in [-0.15, -0.1) is 0 Å². The number of carboxylic acids is 1. The van der Waals surface area contributed by atoms with Crippen molar-refractivity contribution in [2.75, 3.05) is 0 Å². The highest BCUT2D eigenvalue weighted by molar-refractivity contribution is 5.85. The van der Waals surface area contributed by atoms with Gasteiger partial charge in [-0.25, -0.2) is 4.79 Å². The van der Waals surface area contributed by atoms with Crippen LogP contribution >= 0.6 is 0 Å². The summed E-state index contributed by atoms with van der Waals surface area (Å²) in [7, 11) is 0. The maximum atomic E-state index is 12.1. The van der Waals surface area contributed by atoms with E-state index in [0.29, 0.717) is 0 Å². The number of aromatic carboxylic acids is 1.